The Labute approximate surface area is 129 Å². The summed E-state index contributed by atoms with van der Waals surface area (Å²) in [6.45, 7) is 1.97. The van der Waals surface area contributed by atoms with E-state index in [1.165, 1.54) is 23.9 Å². The standard InChI is InChI=1S/C15H13BrFNOS/c1-10-8-12(4-7-14(10)16)18-15(19)9-20-13-5-2-11(17)3-6-13/h2-8H,9H2,1H3,(H,18,19). The highest BCUT2D eigenvalue weighted by Crippen LogP contribution is 2.21. The molecule has 0 radical (unpaired) electrons. The van der Waals surface area contributed by atoms with Crippen LogP contribution in [0.4, 0.5) is 10.1 Å². The lowest BCUT2D eigenvalue weighted by molar-refractivity contribution is -0.113. The molecule has 0 aliphatic rings. The third-order valence-corrected chi connectivity index (χ3v) is 4.53. The quantitative estimate of drug-likeness (QED) is 0.812. The lowest BCUT2D eigenvalue weighted by atomic mass is 10.2. The van der Waals surface area contributed by atoms with Crippen molar-refractivity contribution in [3.05, 3.63) is 58.3 Å². The molecular formula is C15H13BrFNOS. The van der Waals surface area contributed by atoms with Crippen LogP contribution in [0.5, 0.6) is 0 Å². The lowest BCUT2D eigenvalue weighted by Crippen LogP contribution is -2.14. The summed E-state index contributed by atoms with van der Waals surface area (Å²) in [4.78, 5) is 12.7. The maximum atomic E-state index is 12.8. The average Bonchev–Trinajstić information content (AvgIpc) is 2.42. The Hall–Kier alpha value is -1.33. The molecule has 2 nitrogen and oxygen atoms in total. The van der Waals surface area contributed by atoms with Crippen molar-refractivity contribution in [1.29, 1.82) is 0 Å². The summed E-state index contributed by atoms with van der Waals surface area (Å²) in [7, 11) is 0. The number of rotatable bonds is 4. The number of carbonyl (C=O) groups excluding carboxylic acids is 1. The number of benzene rings is 2. The molecule has 0 atom stereocenters. The Kier molecular flexibility index (Phi) is 5.20. The van der Waals surface area contributed by atoms with Crippen molar-refractivity contribution >= 4 is 39.3 Å². The monoisotopic (exact) mass is 353 g/mol. The van der Waals surface area contributed by atoms with Crippen LogP contribution in [-0.4, -0.2) is 11.7 Å². The number of halogens is 2. The van der Waals surface area contributed by atoms with Crippen molar-refractivity contribution in [2.24, 2.45) is 0 Å². The third-order valence-electron chi connectivity index (χ3n) is 2.63. The maximum Gasteiger partial charge on any atom is 0.234 e. The van der Waals surface area contributed by atoms with Gasteiger partial charge in [0.05, 0.1) is 5.75 Å². The van der Waals surface area contributed by atoms with E-state index in [1.54, 1.807) is 12.1 Å². The van der Waals surface area contributed by atoms with E-state index in [0.717, 1.165) is 20.6 Å². The Balaban J connectivity index is 1.89. The summed E-state index contributed by atoms with van der Waals surface area (Å²) in [6.07, 6.45) is 0. The summed E-state index contributed by atoms with van der Waals surface area (Å²) in [5, 5.41) is 2.84. The second-order valence-corrected chi connectivity index (χ2v) is 6.16. The fourth-order valence-corrected chi connectivity index (χ4v) is 2.54. The van der Waals surface area contributed by atoms with E-state index in [9.17, 15) is 9.18 Å². The zero-order chi connectivity index (χ0) is 14.5. The SMILES string of the molecule is Cc1cc(NC(=O)CSc2ccc(F)cc2)ccc1Br. The van der Waals surface area contributed by atoms with Crippen LogP contribution in [0.25, 0.3) is 0 Å². The highest BCUT2D eigenvalue weighted by atomic mass is 79.9. The van der Waals surface area contributed by atoms with Crippen molar-refractivity contribution in [1.82, 2.24) is 0 Å². The van der Waals surface area contributed by atoms with Crippen LogP contribution in [0.3, 0.4) is 0 Å². The molecule has 0 saturated carbocycles. The van der Waals surface area contributed by atoms with Crippen molar-refractivity contribution in [3.8, 4) is 0 Å². The molecule has 0 saturated heterocycles. The van der Waals surface area contributed by atoms with Crippen LogP contribution in [0, 0.1) is 12.7 Å². The Morgan fingerprint density at radius 3 is 2.60 bits per heavy atom. The molecule has 0 aliphatic carbocycles. The van der Waals surface area contributed by atoms with Gasteiger partial charge < -0.3 is 5.32 Å². The van der Waals surface area contributed by atoms with Gasteiger partial charge in [-0.3, -0.25) is 4.79 Å². The normalized spacial score (nSPS) is 10.3. The molecule has 5 heteroatoms. The molecular weight excluding hydrogens is 341 g/mol. The number of carbonyl (C=O) groups is 1. The van der Waals surface area contributed by atoms with E-state index >= 15 is 0 Å². The van der Waals surface area contributed by atoms with E-state index in [1.807, 2.05) is 25.1 Å². The molecule has 0 heterocycles. The minimum Gasteiger partial charge on any atom is -0.325 e. The van der Waals surface area contributed by atoms with Gasteiger partial charge in [0.15, 0.2) is 0 Å². The number of amides is 1. The summed E-state index contributed by atoms with van der Waals surface area (Å²) >= 11 is 4.79. The molecule has 2 rings (SSSR count). The number of thioether (sulfide) groups is 1. The lowest BCUT2D eigenvalue weighted by Gasteiger charge is -2.07. The van der Waals surface area contributed by atoms with Crippen molar-refractivity contribution in [3.63, 3.8) is 0 Å². The van der Waals surface area contributed by atoms with Crippen molar-refractivity contribution < 1.29 is 9.18 Å². The van der Waals surface area contributed by atoms with Crippen molar-refractivity contribution in [2.75, 3.05) is 11.1 Å². The van der Waals surface area contributed by atoms with E-state index in [4.69, 9.17) is 0 Å². The molecule has 0 spiro atoms. The predicted octanol–water partition coefficient (Wildman–Crippen LogP) is 4.63. The Morgan fingerprint density at radius 2 is 1.95 bits per heavy atom. The highest BCUT2D eigenvalue weighted by molar-refractivity contribution is 9.10. The minimum atomic E-state index is -0.274. The second-order valence-electron chi connectivity index (χ2n) is 4.25. The Bertz CT molecular complexity index is 616. The number of hydrogen-bond donors (Lipinski definition) is 1. The molecule has 0 aliphatic heterocycles. The third kappa shape index (κ3) is 4.35. The average molecular weight is 354 g/mol. The van der Waals surface area contributed by atoms with Crippen LogP contribution in [0.15, 0.2) is 51.8 Å². The molecule has 1 amide bonds. The van der Waals surface area contributed by atoms with E-state index < -0.39 is 0 Å². The molecule has 20 heavy (non-hydrogen) atoms. The van der Waals surface area contributed by atoms with E-state index in [0.29, 0.717) is 5.75 Å². The van der Waals surface area contributed by atoms with Crippen LogP contribution in [-0.2, 0) is 4.79 Å². The molecule has 0 aromatic heterocycles. The molecule has 104 valence electrons. The minimum absolute atomic E-state index is 0.0824. The molecule has 2 aromatic carbocycles. The first-order valence-electron chi connectivity index (χ1n) is 5.99. The zero-order valence-electron chi connectivity index (χ0n) is 10.8. The van der Waals surface area contributed by atoms with Gasteiger partial charge in [0.2, 0.25) is 5.91 Å². The predicted molar refractivity (Wildman–Crippen MR) is 84.6 cm³/mol. The van der Waals surface area contributed by atoms with Gasteiger partial charge >= 0.3 is 0 Å². The summed E-state index contributed by atoms with van der Waals surface area (Å²) < 4.78 is 13.8. The molecule has 2 aromatic rings. The first kappa shape index (κ1) is 15.1. The molecule has 0 bridgehead atoms. The summed E-state index contributed by atoms with van der Waals surface area (Å²) in [5.41, 5.74) is 1.84. The fraction of sp³-hybridized carbons (Fsp3) is 0.133. The molecule has 1 N–H and O–H groups in total. The largest absolute Gasteiger partial charge is 0.325 e. The Morgan fingerprint density at radius 1 is 1.25 bits per heavy atom. The molecule has 0 fully saturated rings. The maximum absolute atomic E-state index is 12.8. The second kappa shape index (κ2) is 6.90. The van der Waals surface area contributed by atoms with Gasteiger partial charge in [-0.05, 0) is 55.0 Å². The smallest absolute Gasteiger partial charge is 0.234 e. The summed E-state index contributed by atoms with van der Waals surface area (Å²) in [5.74, 6) is -0.0639. The number of anilines is 1. The van der Waals surface area contributed by atoms with Crippen LogP contribution >= 0.6 is 27.7 Å². The zero-order valence-corrected chi connectivity index (χ0v) is 13.2. The first-order valence-corrected chi connectivity index (χ1v) is 7.77. The van der Waals surface area contributed by atoms with Crippen LogP contribution < -0.4 is 5.32 Å². The van der Waals surface area contributed by atoms with Crippen LogP contribution in [0.1, 0.15) is 5.56 Å². The topological polar surface area (TPSA) is 29.1 Å². The number of nitrogens with one attached hydrogen (secondary N) is 1. The van der Waals surface area contributed by atoms with Gasteiger partial charge in [-0.2, -0.15) is 0 Å². The van der Waals surface area contributed by atoms with Crippen LogP contribution in [0.2, 0.25) is 0 Å². The summed E-state index contributed by atoms with van der Waals surface area (Å²) in [6, 6.07) is 11.8. The van der Waals surface area contributed by atoms with Crippen molar-refractivity contribution in [2.45, 2.75) is 11.8 Å². The van der Waals surface area contributed by atoms with Gasteiger partial charge in [0.25, 0.3) is 0 Å². The number of aryl methyl sites for hydroxylation is 1. The highest BCUT2D eigenvalue weighted by Gasteiger charge is 2.05. The first-order chi connectivity index (χ1) is 9.54. The van der Waals surface area contributed by atoms with Gasteiger partial charge in [-0.1, -0.05) is 15.9 Å². The van der Waals surface area contributed by atoms with Gasteiger partial charge in [-0.15, -0.1) is 11.8 Å². The fourth-order valence-electron chi connectivity index (χ4n) is 1.60. The van der Waals surface area contributed by atoms with Gasteiger partial charge in [-0.25, -0.2) is 4.39 Å². The van der Waals surface area contributed by atoms with Gasteiger partial charge in [0.1, 0.15) is 5.82 Å². The number of hydrogen-bond acceptors (Lipinski definition) is 2. The van der Waals surface area contributed by atoms with E-state index in [-0.39, 0.29) is 11.7 Å². The molecule has 0 unspecified atom stereocenters. The van der Waals surface area contributed by atoms with Gasteiger partial charge in [0, 0.05) is 15.1 Å². The van der Waals surface area contributed by atoms with E-state index in [2.05, 4.69) is 21.2 Å².